The number of benzene rings is 1. The van der Waals surface area contributed by atoms with Crippen LogP contribution in [0.1, 0.15) is 44.6 Å². The van der Waals surface area contributed by atoms with Crippen molar-refractivity contribution in [2.75, 3.05) is 0 Å². The quantitative estimate of drug-likeness (QED) is 0.703. The zero-order valence-corrected chi connectivity index (χ0v) is 14.8. The third-order valence-corrected chi connectivity index (χ3v) is 4.81. The van der Waals surface area contributed by atoms with Crippen molar-refractivity contribution in [3.63, 3.8) is 0 Å². The predicted octanol–water partition coefficient (Wildman–Crippen LogP) is 5.45. The third-order valence-electron chi connectivity index (χ3n) is 3.34. The molecule has 21 heavy (non-hydrogen) atoms. The highest BCUT2D eigenvalue weighted by Crippen LogP contribution is 2.32. The van der Waals surface area contributed by atoms with Crippen molar-refractivity contribution in [2.24, 2.45) is 0 Å². The number of hydrogen-bond donors (Lipinski definition) is 0. The summed E-state index contributed by atoms with van der Waals surface area (Å²) in [4.78, 5) is 10.0. The van der Waals surface area contributed by atoms with Crippen LogP contribution in [-0.4, -0.2) is 9.97 Å². The van der Waals surface area contributed by atoms with Gasteiger partial charge < -0.3 is 0 Å². The van der Waals surface area contributed by atoms with Crippen molar-refractivity contribution < 1.29 is 0 Å². The number of nitrogens with zero attached hydrogens (tertiary/aromatic N) is 2. The minimum atomic E-state index is 0.173. The summed E-state index contributed by atoms with van der Waals surface area (Å²) in [7, 11) is 0. The average molecular weight is 321 g/mol. The Morgan fingerprint density at radius 3 is 2.24 bits per heavy atom. The van der Waals surface area contributed by atoms with Crippen molar-refractivity contribution >= 4 is 23.4 Å². The highest BCUT2D eigenvalue weighted by Gasteiger charge is 2.14. The lowest BCUT2D eigenvalue weighted by atomic mass is 9.87. The molecular formula is C17H21ClN2S. The summed E-state index contributed by atoms with van der Waals surface area (Å²) in [6.45, 7) is 10.7. The van der Waals surface area contributed by atoms with Crippen LogP contribution in [0.25, 0.3) is 0 Å². The van der Waals surface area contributed by atoms with Crippen LogP contribution in [0.15, 0.2) is 34.2 Å². The highest BCUT2D eigenvalue weighted by molar-refractivity contribution is 7.99. The van der Waals surface area contributed by atoms with Crippen LogP contribution >= 0.6 is 23.4 Å². The fourth-order valence-corrected chi connectivity index (χ4v) is 3.04. The second-order valence-corrected chi connectivity index (χ2v) is 7.51. The first kappa shape index (κ1) is 16.3. The lowest BCUT2D eigenvalue weighted by Crippen LogP contribution is -2.10. The highest BCUT2D eigenvalue weighted by atomic mass is 35.5. The van der Waals surface area contributed by atoms with E-state index < -0.39 is 0 Å². The van der Waals surface area contributed by atoms with Gasteiger partial charge in [-0.25, -0.2) is 9.97 Å². The van der Waals surface area contributed by atoms with Gasteiger partial charge in [-0.05, 0) is 30.0 Å². The number of aromatic nitrogens is 2. The molecule has 4 heteroatoms. The second-order valence-electron chi connectivity index (χ2n) is 6.09. The Bertz CT molecular complexity index is 630. The zero-order chi connectivity index (χ0) is 15.6. The van der Waals surface area contributed by atoms with Gasteiger partial charge in [0.25, 0.3) is 0 Å². The molecule has 2 aromatic rings. The maximum Gasteiger partial charge on any atom is 0.136 e. The molecule has 0 aliphatic heterocycles. The van der Waals surface area contributed by atoms with E-state index in [0.29, 0.717) is 5.15 Å². The number of halogens is 1. The number of rotatable bonds is 3. The van der Waals surface area contributed by atoms with Gasteiger partial charge in [0, 0.05) is 16.9 Å². The predicted molar refractivity (Wildman–Crippen MR) is 90.4 cm³/mol. The van der Waals surface area contributed by atoms with E-state index in [1.165, 1.54) is 10.5 Å². The van der Waals surface area contributed by atoms with Crippen molar-refractivity contribution in [3.05, 3.63) is 46.4 Å². The molecule has 2 rings (SSSR count). The van der Waals surface area contributed by atoms with Crippen molar-refractivity contribution in [1.82, 2.24) is 9.97 Å². The molecule has 0 spiro atoms. The van der Waals surface area contributed by atoms with E-state index in [-0.39, 0.29) is 5.41 Å². The zero-order valence-electron chi connectivity index (χ0n) is 13.2. The lowest BCUT2D eigenvalue weighted by Gasteiger charge is -2.19. The van der Waals surface area contributed by atoms with Crippen LogP contribution in [0.3, 0.4) is 0 Å². The molecule has 1 aromatic carbocycles. The molecule has 0 atom stereocenters. The van der Waals surface area contributed by atoms with Crippen molar-refractivity contribution in [2.45, 2.75) is 56.4 Å². The molecule has 0 unspecified atom stereocenters. The minimum Gasteiger partial charge on any atom is -0.226 e. The molecule has 0 bridgehead atoms. The number of aryl methyl sites for hydroxylation is 1. The van der Waals surface area contributed by atoms with Crippen LogP contribution in [-0.2, 0) is 11.8 Å². The van der Waals surface area contributed by atoms with E-state index in [9.17, 15) is 0 Å². The first-order valence-corrected chi connectivity index (χ1v) is 8.32. The fraction of sp³-hybridized carbons (Fsp3) is 0.412. The van der Waals surface area contributed by atoms with Crippen molar-refractivity contribution in [1.29, 1.82) is 0 Å². The molecule has 0 aliphatic rings. The van der Waals surface area contributed by atoms with Gasteiger partial charge in [0.15, 0.2) is 0 Å². The van der Waals surface area contributed by atoms with Gasteiger partial charge >= 0.3 is 0 Å². The maximum atomic E-state index is 6.18. The average Bonchev–Trinajstić information content (AvgIpc) is 2.43. The first-order chi connectivity index (χ1) is 9.81. The van der Waals surface area contributed by atoms with Gasteiger partial charge in [-0.15, -0.1) is 0 Å². The van der Waals surface area contributed by atoms with Gasteiger partial charge in [-0.1, -0.05) is 63.2 Å². The third kappa shape index (κ3) is 3.98. The van der Waals surface area contributed by atoms with Gasteiger partial charge in [0.2, 0.25) is 0 Å². The summed E-state index contributed by atoms with van der Waals surface area (Å²) in [6.07, 6.45) is 0.788. The van der Waals surface area contributed by atoms with E-state index in [1.54, 1.807) is 11.8 Å². The Kier molecular flexibility index (Phi) is 4.95. The molecule has 112 valence electrons. The molecule has 1 aromatic heterocycles. The molecule has 0 aliphatic carbocycles. The number of hydrogen-bond acceptors (Lipinski definition) is 3. The second kappa shape index (κ2) is 6.37. The molecule has 0 saturated heterocycles. The van der Waals surface area contributed by atoms with Crippen molar-refractivity contribution in [3.8, 4) is 0 Å². The van der Waals surface area contributed by atoms with Crippen LogP contribution in [0.4, 0.5) is 0 Å². The lowest BCUT2D eigenvalue weighted by molar-refractivity contribution is 0.590. The monoisotopic (exact) mass is 320 g/mol. The normalized spacial score (nSPS) is 11.7. The summed E-state index contributed by atoms with van der Waals surface area (Å²) >= 11 is 7.83. The van der Waals surface area contributed by atoms with E-state index in [4.69, 9.17) is 11.6 Å². The van der Waals surface area contributed by atoms with Crippen LogP contribution in [0.2, 0.25) is 5.15 Å². The molecular weight excluding hydrogens is 300 g/mol. The topological polar surface area (TPSA) is 25.8 Å². The molecule has 0 radical (unpaired) electrons. The smallest absolute Gasteiger partial charge is 0.136 e. The molecule has 1 heterocycles. The summed E-state index contributed by atoms with van der Waals surface area (Å²) in [5.74, 6) is 0.791. The Labute approximate surface area is 136 Å². The molecule has 0 N–H and O–H groups in total. The molecule has 0 amide bonds. The van der Waals surface area contributed by atoms with Gasteiger partial charge in [0.05, 0.1) is 0 Å². The Morgan fingerprint density at radius 1 is 1.10 bits per heavy atom. The standard InChI is InChI=1S/C17H21ClN2S/c1-6-14-19-15(18)11(2)16(20-14)21-13-9-7-12(8-10-13)17(3,4)5/h7-10H,6H2,1-5H3. The van der Waals surface area contributed by atoms with Gasteiger partial charge in [-0.3, -0.25) is 0 Å². The SMILES string of the molecule is CCc1nc(Cl)c(C)c(Sc2ccc(C(C)(C)C)cc2)n1. The summed E-state index contributed by atoms with van der Waals surface area (Å²) in [5, 5.41) is 1.49. The Morgan fingerprint density at radius 2 is 1.71 bits per heavy atom. The van der Waals surface area contributed by atoms with Crippen LogP contribution < -0.4 is 0 Å². The van der Waals surface area contributed by atoms with E-state index in [1.807, 2.05) is 13.8 Å². The fourth-order valence-electron chi connectivity index (χ4n) is 1.90. The van der Waals surface area contributed by atoms with Crippen LogP contribution in [0.5, 0.6) is 0 Å². The van der Waals surface area contributed by atoms with Gasteiger partial charge in [0.1, 0.15) is 16.0 Å². The van der Waals surface area contributed by atoms with E-state index in [0.717, 1.165) is 22.8 Å². The van der Waals surface area contributed by atoms with Gasteiger partial charge in [-0.2, -0.15) is 0 Å². The Balaban J connectivity index is 2.28. The molecule has 0 fully saturated rings. The van der Waals surface area contributed by atoms with Crippen LogP contribution in [0, 0.1) is 6.92 Å². The first-order valence-electron chi connectivity index (χ1n) is 7.12. The summed E-state index contributed by atoms with van der Waals surface area (Å²) in [6, 6.07) is 8.65. The summed E-state index contributed by atoms with van der Waals surface area (Å²) in [5.41, 5.74) is 2.45. The van der Waals surface area contributed by atoms with E-state index >= 15 is 0 Å². The Hall–Kier alpha value is -1.06. The van der Waals surface area contributed by atoms with E-state index in [2.05, 4.69) is 55.0 Å². The minimum absolute atomic E-state index is 0.173. The maximum absolute atomic E-state index is 6.18. The largest absolute Gasteiger partial charge is 0.226 e. The molecule has 2 nitrogen and oxygen atoms in total. The molecule has 0 saturated carbocycles. The summed E-state index contributed by atoms with van der Waals surface area (Å²) < 4.78 is 0.